The number of nitrogens with one attached hydrogen (secondary N) is 1. The van der Waals surface area contributed by atoms with Gasteiger partial charge in [-0.25, -0.2) is 9.78 Å². The fourth-order valence-electron chi connectivity index (χ4n) is 1.11. The second kappa shape index (κ2) is 4.07. The van der Waals surface area contributed by atoms with Gasteiger partial charge in [-0.3, -0.25) is 4.79 Å². The number of nitrogens with zero attached hydrogens (tertiary/aromatic N) is 1. The predicted molar refractivity (Wildman–Crippen MR) is 60.1 cm³/mol. The Bertz CT molecular complexity index is 605. The number of carboxylic acids is 1. The van der Waals surface area contributed by atoms with Gasteiger partial charge in [-0.2, -0.15) is 0 Å². The Kier molecular flexibility index (Phi) is 2.76. The molecule has 0 saturated carbocycles. The lowest BCUT2D eigenvalue weighted by Crippen LogP contribution is -2.18. The summed E-state index contributed by atoms with van der Waals surface area (Å²) in [5.74, 6) is -0.989. The number of aromatic carboxylic acids is 1. The van der Waals surface area contributed by atoms with Gasteiger partial charge in [0, 0.05) is 6.20 Å². The topological polar surface area (TPSA) is 83.0 Å². The summed E-state index contributed by atoms with van der Waals surface area (Å²) >= 11 is 6.99. The maximum atomic E-state index is 11.4. The van der Waals surface area contributed by atoms with Crippen LogP contribution in [-0.4, -0.2) is 21.0 Å². The summed E-state index contributed by atoms with van der Waals surface area (Å²) in [6.45, 7) is 0. The van der Waals surface area contributed by atoms with Crippen LogP contribution in [0.4, 0.5) is 0 Å². The number of rotatable bonds is 2. The molecule has 0 spiro atoms. The summed E-state index contributed by atoms with van der Waals surface area (Å²) in [6.07, 6.45) is 1.03. The Morgan fingerprint density at radius 1 is 1.50 bits per heavy atom. The van der Waals surface area contributed by atoms with Crippen LogP contribution in [0.15, 0.2) is 23.1 Å². The van der Waals surface area contributed by atoms with Gasteiger partial charge in [0.2, 0.25) is 0 Å². The molecule has 5 nitrogen and oxygen atoms in total. The molecule has 0 aliphatic rings. The minimum Gasteiger partial charge on any atom is -0.477 e. The second-order valence-corrected chi connectivity index (χ2v) is 4.60. The van der Waals surface area contributed by atoms with Gasteiger partial charge in [-0.1, -0.05) is 11.6 Å². The number of hydrogen-bond acceptors (Lipinski definition) is 4. The van der Waals surface area contributed by atoms with Crippen molar-refractivity contribution in [3.63, 3.8) is 0 Å². The van der Waals surface area contributed by atoms with Gasteiger partial charge in [0.05, 0.1) is 9.21 Å². The van der Waals surface area contributed by atoms with E-state index in [9.17, 15) is 9.59 Å². The summed E-state index contributed by atoms with van der Waals surface area (Å²) in [5, 5.41) is 8.65. The lowest BCUT2D eigenvalue weighted by atomic mass is 10.3. The lowest BCUT2D eigenvalue weighted by Gasteiger charge is -1.97. The van der Waals surface area contributed by atoms with Crippen LogP contribution in [-0.2, 0) is 0 Å². The molecular formula is C9H5ClN2O3S. The van der Waals surface area contributed by atoms with E-state index in [0.717, 1.165) is 6.20 Å². The van der Waals surface area contributed by atoms with E-state index >= 15 is 0 Å². The van der Waals surface area contributed by atoms with Crippen molar-refractivity contribution in [1.29, 1.82) is 0 Å². The van der Waals surface area contributed by atoms with Gasteiger partial charge in [-0.05, 0) is 12.1 Å². The summed E-state index contributed by atoms with van der Waals surface area (Å²) in [5.41, 5.74) is -1.06. The maximum Gasteiger partial charge on any atom is 0.342 e. The average molecular weight is 257 g/mol. The third-order valence-corrected chi connectivity index (χ3v) is 3.07. The smallest absolute Gasteiger partial charge is 0.342 e. The van der Waals surface area contributed by atoms with Crippen LogP contribution in [0.2, 0.25) is 4.34 Å². The minimum absolute atomic E-state index is 0.312. The molecule has 2 N–H and O–H groups in total. The molecule has 0 aliphatic carbocycles. The molecule has 0 unspecified atom stereocenters. The summed E-state index contributed by atoms with van der Waals surface area (Å²) < 4.78 is 0.569. The van der Waals surface area contributed by atoms with Crippen molar-refractivity contribution in [2.24, 2.45) is 0 Å². The molecule has 0 atom stereocenters. The van der Waals surface area contributed by atoms with Crippen molar-refractivity contribution in [3.05, 3.63) is 38.6 Å². The molecule has 0 fully saturated rings. The van der Waals surface area contributed by atoms with Gasteiger partial charge in [0.25, 0.3) is 5.56 Å². The van der Waals surface area contributed by atoms with Gasteiger partial charge < -0.3 is 10.1 Å². The van der Waals surface area contributed by atoms with Crippen molar-refractivity contribution in [1.82, 2.24) is 9.97 Å². The Balaban J connectivity index is 2.50. The first kappa shape index (κ1) is 10.8. The van der Waals surface area contributed by atoms with E-state index in [1.807, 2.05) is 0 Å². The molecule has 2 aromatic rings. The SMILES string of the molecule is O=C(O)c1cnc(-c2ccc(Cl)s2)[nH]c1=O. The zero-order chi connectivity index (χ0) is 11.7. The monoisotopic (exact) mass is 256 g/mol. The Morgan fingerprint density at radius 3 is 2.75 bits per heavy atom. The number of aromatic amines is 1. The molecule has 2 rings (SSSR count). The number of thiophene rings is 1. The molecule has 0 radical (unpaired) electrons. The van der Waals surface area contributed by atoms with Gasteiger partial charge in [0.15, 0.2) is 0 Å². The highest BCUT2D eigenvalue weighted by Gasteiger charge is 2.11. The third kappa shape index (κ3) is 1.98. The predicted octanol–water partition coefficient (Wildman–Crippen LogP) is 1.85. The van der Waals surface area contributed by atoms with Crippen LogP contribution in [0.1, 0.15) is 10.4 Å². The standard InChI is InChI=1S/C9H5ClN2O3S/c10-6-2-1-5(16-6)7-11-3-4(9(14)15)8(13)12-7/h1-3H,(H,14,15)(H,11,12,13). The van der Waals surface area contributed by atoms with Crippen LogP contribution in [0, 0.1) is 0 Å². The second-order valence-electron chi connectivity index (χ2n) is 2.88. The Morgan fingerprint density at radius 2 is 2.25 bits per heavy atom. The normalized spacial score (nSPS) is 10.3. The highest BCUT2D eigenvalue weighted by Crippen LogP contribution is 2.27. The molecule has 0 saturated heterocycles. The first-order chi connectivity index (χ1) is 7.58. The van der Waals surface area contributed by atoms with E-state index in [2.05, 4.69) is 9.97 Å². The Hall–Kier alpha value is -1.66. The fourth-order valence-corrected chi connectivity index (χ4v) is 2.11. The van der Waals surface area contributed by atoms with E-state index in [1.165, 1.54) is 11.3 Å². The van der Waals surface area contributed by atoms with Crippen molar-refractivity contribution >= 4 is 28.9 Å². The third-order valence-electron chi connectivity index (χ3n) is 1.84. The Labute approximate surface area is 98.4 Å². The quantitative estimate of drug-likeness (QED) is 0.859. The molecular weight excluding hydrogens is 252 g/mol. The fraction of sp³-hybridized carbons (Fsp3) is 0. The molecule has 0 aromatic carbocycles. The minimum atomic E-state index is -1.30. The van der Waals surface area contributed by atoms with Gasteiger partial charge >= 0.3 is 5.97 Å². The highest BCUT2D eigenvalue weighted by molar-refractivity contribution is 7.19. The van der Waals surface area contributed by atoms with Crippen LogP contribution < -0.4 is 5.56 Å². The van der Waals surface area contributed by atoms with Crippen LogP contribution in [0.25, 0.3) is 10.7 Å². The van der Waals surface area contributed by atoms with Crippen LogP contribution in [0.3, 0.4) is 0 Å². The lowest BCUT2D eigenvalue weighted by molar-refractivity contribution is 0.0694. The van der Waals surface area contributed by atoms with Crippen molar-refractivity contribution in [2.45, 2.75) is 0 Å². The van der Waals surface area contributed by atoms with Crippen LogP contribution >= 0.6 is 22.9 Å². The number of aromatic nitrogens is 2. The average Bonchev–Trinajstić information content (AvgIpc) is 2.64. The molecule has 0 bridgehead atoms. The zero-order valence-electron chi connectivity index (χ0n) is 7.73. The maximum absolute atomic E-state index is 11.4. The van der Waals surface area contributed by atoms with Crippen molar-refractivity contribution in [3.8, 4) is 10.7 Å². The summed E-state index contributed by atoms with van der Waals surface area (Å²) in [7, 11) is 0. The van der Waals surface area contributed by atoms with E-state index in [4.69, 9.17) is 16.7 Å². The number of H-pyrrole nitrogens is 1. The van der Waals surface area contributed by atoms with Gasteiger partial charge in [-0.15, -0.1) is 11.3 Å². The van der Waals surface area contributed by atoms with Gasteiger partial charge in [0.1, 0.15) is 11.4 Å². The van der Waals surface area contributed by atoms with E-state index < -0.39 is 11.5 Å². The van der Waals surface area contributed by atoms with E-state index in [-0.39, 0.29) is 5.56 Å². The molecule has 0 aliphatic heterocycles. The highest BCUT2D eigenvalue weighted by atomic mass is 35.5. The molecule has 0 amide bonds. The molecule has 2 aromatic heterocycles. The first-order valence-electron chi connectivity index (χ1n) is 4.16. The van der Waals surface area contributed by atoms with Crippen LogP contribution in [0.5, 0.6) is 0 Å². The zero-order valence-corrected chi connectivity index (χ0v) is 9.30. The number of carboxylic acid groups (broad SMARTS) is 1. The first-order valence-corrected chi connectivity index (χ1v) is 5.35. The van der Waals surface area contributed by atoms with E-state index in [1.54, 1.807) is 12.1 Å². The molecule has 16 heavy (non-hydrogen) atoms. The molecule has 7 heteroatoms. The largest absolute Gasteiger partial charge is 0.477 e. The van der Waals surface area contributed by atoms with Crippen molar-refractivity contribution in [2.75, 3.05) is 0 Å². The number of halogens is 1. The van der Waals surface area contributed by atoms with Crippen molar-refractivity contribution < 1.29 is 9.90 Å². The molecule has 82 valence electrons. The van der Waals surface area contributed by atoms with E-state index in [0.29, 0.717) is 15.0 Å². The summed E-state index contributed by atoms with van der Waals surface area (Å²) in [4.78, 5) is 28.9. The summed E-state index contributed by atoms with van der Waals surface area (Å²) in [6, 6.07) is 3.37. The molecule has 2 heterocycles. The number of carbonyl (C=O) groups is 1. The number of hydrogen-bond donors (Lipinski definition) is 2.